The molecule has 0 aliphatic heterocycles. The van der Waals surface area contributed by atoms with Gasteiger partial charge in [0.15, 0.2) is 5.82 Å². The maximum absolute atomic E-state index is 5.87. The summed E-state index contributed by atoms with van der Waals surface area (Å²) in [7, 11) is 0. The van der Waals surface area contributed by atoms with Crippen LogP contribution in [0.25, 0.3) is 5.82 Å². The highest BCUT2D eigenvalue weighted by atomic mass is 35.5. The van der Waals surface area contributed by atoms with Gasteiger partial charge in [-0.3, -0.25) is 0 Å². The lowest BCUT2D eigenvalue weighted by Crippen LogP contribution is -2.02. The van der Waals surface area contributed by atoms with Crippen molar-refractivity contribution in [2.24, 2.45) is 0 Å². The minimum Gasteiger partial charge on any atom is -0.234 e. The Balaban J connectivity index is 2.41. The van der Waals surface area contributed by atoms with Crippen LogP contribution in [-0.2, 0) is 12.3 Å². The lowest BCUT2D eigenvalue weighted by molar-refractivity contribution is 0.811. The van der Waals surface area contributed by atoms with Crippen LogP contribution < -0.4 is 0 Å². The maximum Gasteiger partial charge on any atom is 0.153 e. The molecule has 0 aromatic carbocycles. The number of halogens is 1. The second kappa shape index (κ2) is 5.12. The lowest BCUT2D eigenvalue weighted by atomic mass is 10.2. The Kier molecular flexibility index (Phi) is 3.57. The molecule has 0 unspecified atom stereocenters. The van der Waals surface area contributed by atoms with Crippen molar-refractivity contribution in [1.29, 1.82) is 0 Å². The minimum atomic E-state index is 0.507. The fourth-order valence-corrected chi connectivity index (χ4v) is 1.77. The molecule has 84 valence electrons. The first-order chi connectivity index (χ1) is 7.83. The molecule has 0 fully saturated rings. The van der Waals surface area contributed by atoms with E-state index >= 15 is 0 Å². The van der Waals surface area contributed by atoms with Crippen LogP contribution in [0.1, 0.15) is 24.6 Å². The van der Waals surface area contributed by atoms with Crippen molar-refractivity contribution in [2.75, 3.05) is 0 Å². The standard InChI is InChI=1S/C12H14ClN3/c1-2-4-11-7-10(9-13)8-12(15-11)16-6-3-5-14-16/h3,5-8H,2,4,9H2,1H3. The molecule has 2 aromatic rings. The van der Waals surface area contributed by atoms with Gasteiger partial charge in [-0.05, 0) is 30.2 Å². The molecule has 0 amide bonds. The summed E-state index contributed by atoms with van der Waals surface area (Å²) in [5.41, 5.74) is 2.16. The summed E-state index contributed by atoms with van der Waals surface area (Å²) >= 11 is 5.87. The molecule has 0 bridgehead atoms. The van der Waals surface area contributed by atoms with Crippen molar-refractivity contribution in [1.82, 2.24) is 14.8 Å². The lowest BCUT2D eigenvalue weighted by Gasteiger charge is -2.06. The normalized spacial score (nSPS) is 10.6. The molecule has 0 aliphatic carbocycles. The van der Waals surface area contributed by atoms with E-state index in [9.17, 15) is 0 Å². The van der Waals surface area contributed by atoms with Gasteiger partial charge < -0.3 is 0 Å². The SMILES string of the molecule is CCCc1cc(CCl)cc(-n2cccn2)n1. The van der Waals surface area contributed by atoms with Crippen LogP contribution in [-0.4, -0.2) is 14.8 Å². The smallest absolute Gasteiger partial charge is 0.153 e. The average Bonchev–Trinajstić information content (AvgIpc) is 2.82. The van der Waals surface area contributed by atoms with E-state index in [1.165, 1.54) is 0 Å². The van der Waals surface area contributed by atoms with Gasteiger partial charge in [-0.15, -0.1) is 11.6 Å². The molecule has 0 saturated carbocycles. The first-order valence-corrected chi connectivity index (χ1v) is 5.92. The summed E-state index contributed by atoms with van der Waals surface area (Å²) in [6, 6.07) is 5.91. The predicted octanol–water partition coefficient (Wildman–Crippen LogP) is 2.96. The van der Waals surface area contributed by atoms with Crippen LogP contribution in [0.2, 0.25) is 0 Å². The molecule has 0 spiro atoms. The Hall–Kier alpha value is -1.35. The second-order valence-corrected chi connectivity index (χ2v) is 3.93. The summed E-state index contributed by atoms with van der Waals surface area (Å²) in [5.74, 6) is 1.35. The Morgan fingerprint density at radius 2 is 2.25 bits per heavy atom. The maximum atomic E-state index is 5.87. The van der Waals surface area contributed by atoms with Crippen molar-refractivity contribution in [3.8, 4) is 5.82 Å². The van der Waals surface area contributed by atoms with Gasteiger partial charge in [0.2, 0.25) is 0 Å². The van der Waals surface area contributed by atoms with Crippen LogP contribution in [0.5, 0.6) is 0 Å². The third-order valence-electron chi connectivity index (χ3n) is 2.32. The molecule has 0 saturated heterocycles. The first-order valence-electron chi connectivity index (χ1n) is 5.39. The van der Waals surface area contributed by atoms with E-state index in [-0.39, 0.29) is 0 Å². The molecular weight excluding hydrogens is 222 g/mol. The number of pyridine rings is 1. The Morgan fingerprint density at radius 1 is 1.38 bits per heavy atom. The third kappa shape index (κ3) is 2.42. The number of aryl methyl sites for hydroxylation is 1. The van der Waals surface area contributed by atoms with Crippen molar-refractivity contribution in [3.05, 3.63) is 41.9 Å². The molecule has 4 heteroatoms. The summed E-state index contributed by atoms with van der Waals surface area (Å²) in [5, 5.41) is 4.17. The number of rotatable bonds is 4. The van der Waals surface area contributed by atoms with E-state index in [1.54, 1.807) is 10.9 Å². The van der Waals surface area contributed by atoms with Crippen LogP contribution in [0, 0.1) is 0 Å². The highest BCUT2D eigenvalue weighted by Gasteiger charge is 2.03. The zero-order valence-electron chi connectivity index (χ0n) is 9.23. The molecule has 2 rings (SSSR count). The van der Waals surface area contributed by atoms with Crippen molar-refractivity contribution < 1.29 is 0 Å². The predicted molar refractivity (Wildman–Crippen MR) is 64.9 cm³/mol. The van der Waals surface area contributed by atoms with Crippen LogP contribution in [0.4, 0.5) is 0 Å². The number of hydrogen-bond donors (Lipinski definition) is 0. The highest BCUT2D eigenvalue weighted by molar-refractivity contribution is 6.17. The Morgan fingerprint density at radius 3 is 2.88 bits per heavy atom. The van der Waals surface area contributed by atoms with Gasteiger partial charge >= 0.3 is 0 Å². The third-order valence-corrected chi connectivity index (χ3v) is 2.63. The topological polar surface area (TPSA) is 30.7 Å². The molecule has 0 N–H and O–H groups in total. The first kappa shape index (κ1) is 11.1. The number of alkyl halides is 1. The summed E-state index contributed by atoms with van der Waals surface area (Å²) in [6.07, 6.45) is 5.68. The summed E-state index contributed by atoms with van der Waals surface area (Å²) in [4.78, 5) is 4.56. The molecule has 0 atom stereocenters. The van der Waals surface area contributed by atoms with E-state index in [0.29, 0.717) is 5.88 Å². The van der Waals surface area contributed by atoms with Crippen molar-refractivity contribution >= 4 is 11.6 Å². The number of aromatic nitrogens is 3. The van der Waals surface area contributed by atoms with Crippen LogP contribution >= 0.6 is 11.6 Å². The molecule has 16 heavy (non-hydrogen) atoms. The molecule has 3 nitrogen and oxygen atoms in total. The van der Waals surface area contributed by atoms with Gasteiger partial charge in [0.05, 0.1) is 0 Å². The molecular formula is C12H14ClN3. The number of nitrogens with zero attached hydrogens (tertiary/aromatic N) is 3. The van der Waals surface area contributed by atoms with Gasteiger partial charge in [0.1, 0.15) is 0 Å². The molecule has 0 radical (unpaired) electrons. The molecule has 2 aromatic heterocycles. The Bertz CT molecular complexity index is 451. The van der Waals surface area contributed by atoms with Gasteiger partial charge in [-0.25, -0.2) is 9.67 Å². The van der Waals surface area contributed by atoms with Gasteiger partial charge in [-0.2, -0.15) is 5.10 Å². The van der Waals surface area contributed by atoms with E-state index in [1.807, 2.05) is 18.3 Å². The van der Waals surface area contributed by atoms with Gasteiger partial charge in [0, 0.05) is 24.0 Å². The zero-order valence-corrected chi connectivity index (χ0v) is 9.98. The molecule has 2 heterocycles. The van der Waals surface area contributed by atoms with Gasteiger partial charge in [-0.1, -0.05) is 13.3 Å². The second-order valence-electron chi connectivity index (χ2n) is 3.66. The van der Waals surface area contributed by atoms with Crippen LogP contribution in [0.3, 0.4) is 0 Å². The van der Waals surface area contributed by atoms with E-state index < -0.39 is 0 Å². The summed E-state index contributed by atoms with van der Waals surface area (Å²) < 4.78 is 1.76. The summed E-state index contributed by atoms with van der Waals surface area (Å²) in [6.45, 7) is 2.14. The van der Waals surface area contributed by atoms with E-state index in [0.717, 1.165) is 29.9 Å². The fourth-order valence-electron chi connectivity index (χ4n) is 1.62. The highest BCUT2D eigenvalue weighted by Crippen LogP contribution is 2.13. The fraction of sp³-hybridized carbons (Fsp3) is 0.333. The van der Waals surface area contributed by atoms with Gasteiger partial charge in [0.25, 0.3) is 0 Å². The molecule has 0 aliphatic rings. The van der Waals surface area contributed by atoms with Crippen LogP contribution in [0.15, 0.2) is 30.6 Å². The van der Waals surface area contributed by atoms with Crippen molar-refractivity contribution in [3.63, 3.8) is 0 Å². The average molecular weight is 236 g/mol. The quantitative estimate of drug-likeness (QED) is 0.763. The zero-order chi connectivity index (χ0) is 11.4. The number of hydrogen-bond acceptors (Lipinski definition) is 2. The minimum absolute atomic E-state index is 0.507. The largest absolute Gasteiger partial charge is 0.234 e. The van der Waals surface area contributed by atoms with E-state index in [2.05, 4.69) is 23.1 Å². The monoisotopic (exact) mass is 235 g/mol. The van der Waals surface area contributed by atoms with E-state index in [4.69, 9.17) is 11.6 Å². The Labute approximate surface area is 100 Å². The van der Waals surface area contributed by atoms with Crippen molar-refractivity contribution in [2.45, 2.75) is 25.6 Å².